The highest BCUT2D eigenvalue weighted by Crippen LogP contribution is 2.43. The number of fused-ring (bicyclic) bond motifs is 1. The molecule has 6 nitrogen and oxygen atoms in total. The maximum absolute atomic E-state index is 13.7. The van der Waals surface area contributed by atoms with E-state index in [4.69, 9.17) is 0 Å². The van der Waals surface area contributed by atoms with Crippen molar-refractivity contribution in [3.8, 4) is 6.07 Å². The van der Waals surface area contributed by atoms with Crippen LogP contribution in [0.25, 0.3) is 5.52 Å². The Hall–Kier alpha value is -2.60. The molecular weight excluding hydrogens is 407 g/mol. The van der Waals surface area contributed by atoms with Crippen molar-refractivity contribution >= 4 is 11.4 Å². The molecule has 9 heteroatoms. The summed E-state index contributed by atoms with van der Waals surface area (Å²) < 4.78 is 42.0. The summed E-state index contributed by atoms with van der Waals surface area (Å²) in [5.41, 5.74) is 0.423. The lowest BCUT2D eigenvalue weighted by molar-refractivity contribution is -0.142. The van der Waals surface area contributed by atoms with Crippen molar-refractivity contribution in [3.05, 3.63) is 34.6 Å². The van der Waals surface area contributed by atoms with Crippen LogP contribution < -0.4 is 0 Å². The average Bonchev–Trinajstić information content (AvgIpc) is 3.31. The molecule has 0 atom stereocenters. The van der Waals surface area contributed by atoms with Crippen LogP contribution in [0.15, 0.2) is 12.1 Å². The quantitative estimate of drug-likeness (QED) is 0.741. The molecule has 2 aromatic rings. The van der Waals surface area contributed by atoms with E-state index >= 15 is 0 Å². The second kappa shape index (κ2) is 7.52. The minimum absolute atomic E-state index is 0.0485. The molecule has 1 saturated heterocycles. The first-order valence-electron chi connectivity index (χ1n) is 10.9. The summed E-state index contributed by atoms with van der Waals surface area (Å²) in [7, 11) is 0. The molecule has 3 fully saturated rings. The van der Waals surface area contributed by atoms with Gasteiger partial charge in [0.2, 0.25) is 5.91 Å². The first-order valence-corrected chi connectivity index (χ1v) is 10.9. The Balaban J connectivity index is 1.44. The molecular formula is C22H24F3N5O. The van der Waals surface area contributed by atoms with E-state index in [1.807, 2.05) is 9.80 Å². The third-order valence-electron chi connectivity index (χ3n) is 6.75. The minimum Gasteiger partial charge on any atom is -0.337 e. The first-order chi connectivity index (χ1) is 14.8. The van der Waals surface area contributed by atoms with Gasteiger partial charge in [-0.25, -0.2) is 4.52 Å². The lowest BCUT2D eigenvalue weighted by Gasteiger charge is -2.37. The van der Waals surface area contributed by atoms with Crippen molar-refractivity contribution in [1.82, 2.24) is 19.4 Å². The molecule has 3 heterocycles. The fourth-order valence-corrected chi connectivity index (χ4v) is 4.98. The molecule has 5 rings (SSSR count). The Kier molecular flexibility index (Phi) is 4.93. The van der Waals surface area contributed by atoms with Gasteiger partial charge in [-0.15, -0.1) is 0 Å². The molecule has 0 radical (unpaired) electrons. The number of pyridine rings is 1. The first kappa shape index (κ1) is 20.3. The zero-order chi connectivity index (χ0) is 21.8. The van der Waals surface area contributed by atoms with Gasteiger partial charge in [0.05, 0.1) is 17.8 Å². The van der Waals surface area contributed by atoms with Crippen LogP contribution in [0.1, 0.15) is 67.0 Å². The summed E-state index contributed by atoms with van der Waals surface area (Å²) in [5.74, 6) is 0.171. The zero-order valence-corrected chi connectivity index (χ0v) is 17.2. The Labute approximate surface area is 178 Å². The third kappa shape index (κ3) is 3.78. The van der Waals surface area contributed by atoms with Crippen LogP contribution in [-0.2, 0) is 17.5 Å². The van der Waals surface area contributed by atoms with Gasteiger partial charge in [-0.3, -0.25) is 9.69 Å². The molecule has 2 saturated carbocycles. The van der Waals surface area contributed by atoms with Crippen molar-refractivity contribution in [1.29, 1.82) is 5.26 Å². The molecule has 1 aliphatic heterocycles. The lowest BCUT2D eigenvalue weighted by Crippen LogP contribution is -2.53. The number of halogens is 3. The van der Waals surface area contributed by atoms with Gasteiger partial charge >= 0.3 is 6.18 Å². The van der Waals surface area contributed by atoms with Gasteiger partial charge in [-0.2, -0.15) is 23.5 Å². The van der Waals surface area contributed by atoms with E-state index in [1.165, 1.54) is 0 Å². The van der Waals surface area contributed by atoms with Crippen LogP contribution in [-0.4, -0.2) is 51.0 Å². The highest BCUT2D eigenvalue weighted by molar-refractivity contribution is 5.79. The SMILES string of the molecule is N#Cc1c(CN2CCN(C3CCCC3)C(=O)C2)nn2c(C(F)(F)F)cc(C3CC3)cc12. The van der Waals surface area contributed by atoms with Crippen molar-refractivity contribution in [2.75, 3.05) is 19.6 Å². The number of piperazine rings is 1. The second-order valence-corrected chi connectivity index (χ2v) is 8.91. The molecule has 0 bridgehead atoms. The molecule has 0 aromatic carbocycles. The smallest absolute Gasteiger partial charge is 0.337 e. The van der Waals surface area contributed by atoms with E-state index in [9.17, 15) is 23.2 Å². The Morgan fingerprint density at radius 3 is 2.48 bits per heavy atom. The Bertz CT molecular complexity index is 1060. The summed E-state index contributed by atoms with van der Waals surface area (Å²) in [6.07, 6.45) is 1.54. The monoisotopic (exact) mass is 431 g/mol. The van der Waals surface area contributed by atoms with Crippen LogP contribution in [0, 0.1) is 11.3 Å². The molecule has 2 aromatic heterocycles. The van der Waals surface area contributed by atoms with Crippen molar-refractivity contribution in [3.63, 3.8) is 0 Å². The topological polar surface area (TPSA) is 64.6 Å². The predicted molar refractivity (Wildman–Crippen MR) is 106 cm³/mol. The maximum Gasteiger partial charge on any atom is 0.433 e. The molecule has 164 valence electrons. The number of carbonyl (C=O) groups is 1. The molecule has 2 aliphatic carbocycles. The van der Waals surface area contributed by atoms with Crippen LogP contribution >= 0.6 is 0 Å². The average molecular weight is 431 g/mol. The van der Waals surface area contributed by atoms with E-state index in [-0.39, 0.29) is 36.0 Å². The zero-order valence-electron chi connectivity index (χ0n) is 17.2. The molecule has 0 unspecified atom stereocenters. The normalized spacial score (nSPS) is 21.2. The van der Waals surface area contributed by atoms with Gasteiger partial charge in [0, 0.05) is 25.7 Å². The van der Waals surface area contributed by atoms with Gasteiger partial charge in [0.1, 0.15) is 17.3 Å². The Morgan fingerprint density at radius 1 is 1.13 bits per heavy atom. The number of alkyl halides is 3. The fraction of sp³-hybridized carbons (Fsp3) is 0.591. The Morgan fingerprint density at radius 2 is 1.87 bits per heavy atom. The number of carbonyl (C=O) groups excluding carboxylic acids is 1. The molecule has 0 N–H and O–H groups in total. The lowest BCUT2D eigenvalue weighted by atomic mass is 10.1. The number of nitriles is 1. The second-order valence-electron chi connectivity index (χ2n) is 8.91. The standard InChI is InChI=1S/C22H24F3N5O/c23-22(24,25)20-10-15(14-5-6-14)9-19-17(11-26)18(27-30(19)20)12-28-7-8-29(21(31)13-28)16-3-1-2-4-16/h9-10,14,16H,1-8,12-13H2. The van der Waals surface area contributed by atoms with Crippen molar-refractivity contribution in [2.24, 2.45) is 0 Å². The van der Waals surface area contributed by atoms with Gasteiger partial charge in [-0.05, 0) is 49.3 Å². The van der Waals surface area contributed by atoms with E-state index in [1.54, 1.807) is 6.07 Å². The van der Waals surface area contributed by atoms with E-state index in [0.717, 1.165) is 49.1 Å². The summed E-state index contributed by atoms with van der Waals surface area (Å²) in [6, 6.07) is 5.21. The molecule has 0 spiro atoms. The molecule has 31 heavy (non-hydrogen) atoms. The summed E-state index contributed by atoms with van der Waals surface area (Å²) in [4.78, 5) is 16.5. The van der Waals surface area contributed by atoms with Crippen LogP contribution in [0.4, 0.5) is 13.2 Å². The third-order valence-corrected chi connectivity index (χ3v) is 6.75. The van der Waals surface area contributed by atoms with Gasteiger partial charge < -0.3 is 4.90 Å². The summed E-state index contributed by atoms with van der Waals surface area (Å²) in [6.45, 7) is 1.62. The van der Waals surface area contributed by atoms with Gasteiger partial charge in [0.15, 0.2) is 0 Å². The van der Waals surface area contributed by atoms with Crippen molar-refractivity contribution < 1.29 is 18.0 Å². The highest BCUT2D eigenvalue weighted by Gasteiger charge is 2.38. The molecule has 3 aliphatic rings. The summed E-state index contributed by atoms with van der Waals surface area (Å²) >= 11 is 0. The largest absolute Gasteiger partial charge is 0.433 e. The van der Waals surface area contributed by atoms with Crippen LogP contribution in [0.3, 0.4) is 0 Å². The fourth-order valence-electron chi connectivity index (χ4n) is 4.98. The van der Waals surface area contributed by atoms with Crippen molar-refractivity contribution in [2.45, 2.75) is 63.2 Å². The number of hydrogen-bond donors (Lipinski definition) is 0. The highest BCUT2D eigenvalue weighted by atomic mass is 19.4. The van der Waals surface area contributed by atoms with E-state index < -0.39 is 11.9 Å². The number of hydrogen-bond acceptors (Lipinski definition) is 4. The van der Waals surface area contributed by atoms with Crippen LogP contribution in [0.2, 0.25) is 0 Å². The minimum atomic E-state index is -4.57. The van der Waals surface area contributed by atoms with Gasteiger partial charge in [-0.1, -0.05) is 12.8 Å². The summed E-state index contributed by atoms with van der Waals surface area (Å²) in [5, 5.41) is 13.9. The predicted octanol–water partition coefficient (Wildman–Crippen LogP) is 3.69. The van der Waals surface area contributed by atoms with Crippen LogP contribution in [0.5, 0.6) is 0 Å². The van der Waals surface area contributed by atoms with E-state index in [0.29, 0.717) is 30.4 Å². The number of amides is 1. The number of nitrogens with zero attached hydrogens (tertiary/aromatic N) is 5. The maximum atomic E-state index is 13.7. The molecule has 1 amide bonds. The van der Waals surface area contributed by atoms with E-state index in [2.05, 4.69) is 11.2 Å². The number of aromatic nitrogens is 2. The van der Waals surface area contributed by atoms with Gasteiger partial charge in [0.25, 0.3) is 0 Å². The number of rotatable bonds is 4.